The normalized spacial score (nSPS) is 20.9. The Hall–Kier alpha value is -2.87. The highest BCUT2D eigenvalue weighted by Crippen LogP contribution is 2.40. The standard InChI is InChI=1S/C19H16BrN3O4/c20-12-4-3-5-13(10-12)21-16(24)11-23-17(25)19(22-18(23)26)8-9-27-15-7-2-1-6-14(15)19/h1-7,10H,8-9,11H2,(H,21,24)(H,22,26)/t19-/m0/s1. The fourth-order valence-corrected chi connectivity index (χ4v) is 3.83. The van der Waals surface area contributed by atoms with Gasteiger partial charge in [-0.1, -0.05) is 40.2 Å². The fourth-order valence-electron chi connectivity index (χ4n) is 3.43. The summed E-state index contributed by atoms with van der Waals surface area (Å²) in [4.78, 5) is 38.9. The summed E-state index contributed by atoms with van der Waals surface area (Å²) in [7, 11) is 0. The van der Waals surface area contributed by atoms with Crippen LogP contribution in [-0.4, -0.2) is 35.9 Å². The van der Waals surface area contributed by atoms with Crippen molar-refractivity contribution in [2.24, 2.45) is 0 Å². The van der Waals surface area contributed by atoms with Crippen LogP contribution in [-0.2, 0) is 15.1 Å². The molecule has 1 saturated heterocycles. The Morgan fingerprint density at radius 3 is 2.85 bits per heavy atom. The molecule has 1 fully saturated rings. The average Bonchev–Trinajstić information content (AvgIpc) is 2.87. The van der Waals surface area contributed by atoms with Gasteiger partial charge in [0.05, 0.1) is 6.61 Å². The lowest BCUT2D eigenvalue weighted by atomic mass is 9.84. The van der Waals surface area contributed by atoms with E-state index >= 15 is 0 Å². The number of nitrogens with zero attached hydrogens (tertiary/aromatic N) is 1. The van der Waals surface area contributed by atoms with Crippen molar-refractivity contribution in [3.63, 3.8) is 0 Å². The number of anilines is 1. The van der Waals surface area contributed by atoms with E-state index in [1.54, 1.807) is 36.4 Å². The van der Waals surface area contributed by atoms with E-state index in [9.17, 15) is 14.4 Å². The molecule has 27 heavy (non-hydrogen) atoms. The van der Waals surface area contributed by atoms with E-state index in [1.165, 1.54) is 0 Å². The van der Waals surface area contributed by atoms with Gasteiger partial charge in [-0.25, -0.2) is 4.79 Å². The molecule has 2 aromatic rings. The molecule has 0 saturated carbocycles. The molecule has 4 amide bonds. The summed E-state index contributed by atoms with van der Waals surface area (Å²) in [6.45, 7) is -0.0525. The zero-order valence-corrected chi connectivity index (χ0v) is 15.8. The number of carbonyl (C=O) groups excluding carboxylic acids is 3. The van der Waals surface area contributed by atoms with Crippen molar-refractivity contribution in [2.75, 3.05) is 18.5 Å². The summed E-state index contributed by atoms with van der Waals surface area (Å²) < 4.78 is 6.41. The van der Waals surface area contributed by atoms with Gasteiger partial charge in [-0.15, -0.1) is 0 Å². The molecule has 0 unspecified atom stereocenters. The quantitative estimate of drug-likeness (QED) is 0.734. The number of halogens is 1. The van der Waals surface area contributed by atoms with E-state index in [0.717, 1.165) is 9.37 Å². The van der Waals surface area contributed by atoms with Crippen LogP contribution < -0.4 is 15.4 Å². The third-order valence-corrected chi connectivity index (χ3v) is 5.16. The molecule has 4 rings (SSSR count). The van der Waals surface area contributed by atoms with Crippen LogP contribution in [0.2, 0.25) is 0 Å². The molecule has 1 atom stereocenters. The first-order valence-electron chi connectivity index (χ1n) is 8.41. The van der Waals surface area contributed by atoms with Crippen molar-refractivity contribution >= 4 is 39.5 Å². The number of hydrogen-bond acceptors (Lipinski definition) is 4. The summed E-state index contributed by atoms with van der Waals surface area (Å²) in [5.74, 6) is -0.320. The van der Waals surface area contributed by atoms with Gasteiger partial charge in [0.25, 0.3) is 5.91 Å². The predicted molar refractivity (Wildman–Crippen MR) is 101 cm³/mol. The van der Waals surface area contributed by atoms with Crippen LogP contribution in [0.15, 0.2) is 53.0 Å². The summed E-state index contributed by atoms with van der Waals surface area (Å²) in [6, 6.07) is 13.6. The zero-order chi connectivity index (χ0) is 19.0. The van der Waals surface area contributed by atoms with Crippen LogP contribution in [0.1, 0.15) is 12.0 Å². The molecule has 0 aromatic heterocycles. The largest absolute Gasteiger partial charge is 0.493 e. The lowest BCUT2D eigenvalue weighted by molar-refractivity contribution is -0.135. The van der Waals surface area contributed by atoms with Crippen molar-refractivity contribution in [3.05, 3.63) is 58.6 Å². The highest BCUT2D eigenvalue weighted by molar-refractivity contribution is 9.10. The smallest absolute Gasteiger partial charge is 0.325 e. The number of fused-ring (bicyclic) bond motifs is 2. The molecule has 0 aliphatic carbocycles. The maximum absolute atomic E-state index is 13.1. The van der Waals surface area contributed by atoms with Crippen molar-refractivity contribution in [1.29, 1.82) is 0 Å². The number of hydrogen-bond donors (Lipinski definition) is 2. The number of carbonyl (C=O) groups is 3. The van der Waals surface area contributed by atoms with Crippen LogP contribution in [0, 0.1) is 0 Å². The highest BCUT2D eigenvalue weighted by atomic mass is 79.9. The number of nitrogens with one attached hydrogen (secondary N) is 2. The maximum atomic E-state index is 13.1. The Morgan fingerprint density at radius 1 is 1.22 bits per heavy atom. The topological polar surface area (TPSA) is 87.7 Å². The van der Waals surface area contributed by atoms with Crippen LogP contribution in [0.3, 0.4) is 0 Å². The molecule has 1 spiro atoms. The van der Waals surface area contributed by atoms with Gasteiger partial charge in [0.2, 0.25) is 5.91 Å². The van der Waals surface area contributed by atoms with Gasteiger partial charge in [-0.2, -0.15) is 0 Å². The number of urea groups is 1. The molecule has 8 heteroatoms. The van der Waals surface area contributed by atoms with Crippen LogP contribution in [0.4, 0.5) is 10.5 Å². The fraction of sp³-hybridized carbons (Fsp3) is 0.211. The Bertz CT molecular complexity index is 948. The molecule has 2 aliphatic rings. The van der Waals surface area contributed by atoms with Crippen molar-refractivity contribution in [2.45, 2.75) is 12.0 Å². The molecule has 2 aliphatic heterocycles. The van der Waals surface area contributed by atoms with Gasteiger partial charge < -0.3 is 15.4 Å². The minimum Gasteiger partial charge on any atom is -0.493 e. The van der Waals surface area contributed by atoms with Crippen molar-refractivity contribution in [1.82, 2.24) is 10.2 Å². The van der Waals surface area contributed by atoms with Gasteiger partial charge in [0.1, 0.15) is 12.3 Å². The van der Waals surface area contributed by atoms with E-state index in [2.05, 4.69) is 26.6 Å². The second-order valence-corrected chi connectivity index (χ2v) is 7.30. The number of amides is 4. The van der Waals surface area contributed by atoms with E-state index in [4.69, 9.17) is 4.74 Å². The molecule has 2 aromatic carbocycles. The molecule has 138 valence electrons. The van der Waals surface area contributed by atoms with Crippen molar-refractivity contribution < 1.29 is 19.1 Å². The highest BCUT2D eigenvalue weighted by Gasteiger charge is 2.55. The van der Waals surface area contributed by atoms with Crippen LogP contribution >= 0.6 is 15.9 Å². The number of rotatable bonds is 3. The second-order valence-electron chi connectivity index (χ2n) is 6.38. The summed E-state index contributed by atoms with van der Waals surface area (Å²) in [5, 5.41) is 5.47. The number of ether oxygens (including phenoxy) is 1. The third-order valence-electron chi connectivity index (χ3n) is 4.67. The Morgan fingerprint density at radius 2 is 2.04 bits per heavy atom. The first-order valence-corrected chi connectivity index (χ1v) is 9.21. The zero-order valence-electron chi connectivity index (χ0n) is 14.2. The average molecular weight is 430 g/mol. The molecule has 2 heterocycles. The second kappa shape index (κ2) is 6.70. The number of para-hydroxylation sites is 1. The number of benzene rings is 2. The minimum absolute atomic E-state index is 0.307. The van der Waals surface area contributed by atoms with Crippen LogP contribution in [0.25, 0.3) is 0 Å². The molecule has 0 radical (unpaired) electrons. The van der Waals surface area contributed by atoms with E-state index in [1.807, 2.05) is 12.1 Å². The van der Waals surface area contributed by atoms with Crippen molar-refractivity contribution in [3.8, 4) is 5.75 Å². The number of imide groups is 1. The minimum atomic E-state index is -1.18. The van der Waals surface area contributed by atoms with Gasteiger partial charge in [-0.3, -0.25) is 14.5 Å². The molecule has 2 N–H and O–H groups in total. The lowest BCUT2D eigenvalue weighted by Crippen LogP contribution is -2.48. The van der Waals surface area contributed by atoms with Gasteiger partial charge in [0.15, 0.2) is 5.54 Å². The summed E-state index contributed by atoms with van der Waals surface area (Å²) in [6.07, 6.45) is 0.318. The van der Waals surface area contributed by atoms with E-state index in [0.29, 0.717) is 30.0 Å². The Kier molecular flexibility index (Phi) is 4.35. The van der Waals surface area contributed by atoms with E-state index < -0.39 is 23.4 Å². The van der Waals surface area contributed by atoms with Crippen LogP contribution in [0.5, 0.6) is 5.75 Å². The SMILES string of the molecule is O=C(CN1C(=O)N[C@]2(CCOc3ccccc32)C1=O)Nc1cccc(Br)c1. The lowest BCUT2D eigenvalue weighted by Gasteiger charge is -2.33. The van der Waals surface area contributed by atoms with Gasteiger partial charge in [-0.05, 0) is 24.3 Å². The maximum Gasteiger partial charge on any atom is 0.325 e. The molecule has 0 bridgehead atoms. The monoisotopic (exact) mass is 429 g/mol. The van der Waals surface area contributed by atoms with Gasteiger partial charge >= 0.3 is 6.03 Å². The Balaban J connectivity index is 1.55. The van der Waals surface area contributed by atoms with Gasteiger partial charge in [0, 0.05) is 22.1 Å². The van der Waals surface area contributed by atoms with E-state index in [-0.39, 0.29) is 6.54 Å². The third kappa shape index (κ3) is 3.06. The summed E-state index contributed by atoms with van der Waals surface area (Å²) >= 11 is 3.33. The molecule has 7 nitrogen and oxygen atoms in total. The first kappa shape index (κ1) is 17.5. The molecular formula is C19H16BrN3O4. The Labute approximate surface area is 163 Å². The summed E-state index contributed by atoms with van der Waals surface area (Å²) in [5.41, 5.74) is 0.0131. The predicted octanol–water partition coefficient (Wildman–Crippen LogP) is 2.62. The first-order chi connectivity index (χ1) is 13.0. The molecular weight excluding hydrogens is 414 g/mol.